The van der Waals surface area contributed by atoms with Crippen molar-refractivity contribution < 1.29 is 9.53 Å². The number of carbonyl (C=O) groups is 1. The molecule has 2 rings (SSSR count). The summed E-state index contributed by atoms with van der Waals surface area (Å²) >= 11 is 0. The van der Waals surface area contributed by atoms with Crippen LogP contribution >= 0.6 is 0 Å². The lowest BCUT2D eigenvalue weighted by molar-refractivity contribution is -0.141. The lowest BCUT2D eigenvalue weighted by Gasteiger charge is -2.18. The van der Waals surface area contributed by atoms with Crippen LogP contribution in [0.5, 0.6) is 0 Å². The van der Waals surface area contributed by atoms with E-state index in [-0.39, 0.29) is 12.0 Å². The van der Waals surface area contributed by atoms with Gasteiger partial charge in [-0.15, -0.1) is 0 Å². The van der Waals surface area contributed by atoms with Crippen molar-refractivity contribution in [2.45, 2.75) is 38.3 Å². The van der Waals surface area contributed by atoms with E-state index in [1.54, 1.807) is 0 Å². The third-order valence-electron chi connectivity index (χ3n) is 3.04. The third kappa shape index (κ3) is 2.85. The molecule has 1 atom stereocenters. The van der Waals surface area contributed by atoms with Crippen LogP contribution in [-0.4, -0.2) is 29.2 Å². The first kappa shape index (κ1) is 12.1. The van der Waals surface area contributed by atoms with Gasteiger partial charge in [0.2, 0.25) is 0 Å². The van der Waals surface area contributed by atoms with Crippen LogP contribution in [-0.2, 0) is 9.53 Å². The van der Waals surface area contributed by atoms with Gasteiger partial charge in [-0.2, -0.15) is 0 Å². The Hall–Kier alpha value is -1.36. The fraction of sp³-hybridized carbons (Fsp3) is 0.667. The van der Waals surface area contributed by atoms with Gasteiger partial charge in [-0.1, -0.05) is 6.92 Å². The summed E-state index contributed by atoms with van der Waals surface area (Å²) < 4.78 is 6.91. The van der Waals surface area contributed by atoms with Gasteiger partial charge in [0.05, 0.1) is 31.6 Å². The maximum atomic E-state index is 11.4. The predicted octanol–water partition coefficient (Wildman–Crippen LogP) is 1.43. The van der Waals surface area contributed by atoms with E-state index in [2.05, 4.69) is 14.9 Å². The van der Waals surface area contributed by atoms with Gasteiger partial charge in [0.1, 0.15) is 0 Å². The van der Waals surface area contributed by atoms with Crippen molar-refractivity contribution >= 4 is 5.97 Å². The van der Waals surface area contributed by atoms with Crippen LogP contribution < -0.4 is 5.32 Å². The number of methoxy groups -OCH3 is 1. The fourth-order valence-electron chi connectivity index (χ4n) is 2.02. The van der Waals surface area contributed by atoms with Gasteiger partial charge in [0.15, 0.2) is 0 Å². The summed E-state index contributed by atoms with van der Waals surface area (Å²) in [6.07, 6.45) is 6.47. The Bertz CT molecular complexity index is 385. The maximum Gasteiger partial charge on any atom is 0.307 e. The summed E-state index contributed by atoms with van der Waals surface area (Å²) in [6, 6.07) is 0.571. The number of nitrogens with zero attached hydrogens (tertiary/aromatic N) is 2. The highest BCUT2D eigenvalue weighted by molar-refractivity contribution is 5.70. The van der Waals surface area contributed by atoms with Gasteiger partial charge >= 0.3 is 5.97 Å². The van der Waals surface area contributed by atoms with Crippen molar-refractivity contribution in [3.63, 3.8) is 0 Å². The Morgan fingerprint density at radius 3 is 3.06 bits per heavy atom. The minimum absolute atomic E-state index is 0.00412. The van der Waals surface area contributed by atoms with E-state index in [4.69, 9.17) is 4.74 Å². The molecule has 1 aliphatic carbocycles. The number of imidazole rings is 1. The lowest BCUT2D eigenvalue weighted by atomic mass is 10.1. The molecule has 1 aromatic rings. The van der Waals surface area contributed by atoms with Crippen molar-refractivity contribution in [2.24, 2.45) is 0 Å². The molecule has 5 heteroatoms. The van der Waals surface area contributed by atoms with Gasteiger partial charge in [-0.25, -0.2) is 4.98 Å². The highest BCUT2D eigenvalue weighted by Crippen LogP contribution is 2.37. The van der Waals surface area contributed by atoms with Gasteiger partial charge < -0.3 is 14.6 Å². The van der Waals surface area contributed by atoms with Crippen LogP contribution in [0.1, 0.15) is 44.0 Å². The van der Waals surface area contributed by atoms with Gasteiger partial charge in [0.25, 0.3) is 0 Å². The molecule has 0 bridgehead atoms. The molecule has 1 fully saturated rings. The number of aromatic nitrogens is 2. The second-order valence-corrected chi connectivity index (χ2v) is 4.35. The van der Waals surface area contributed by atoms with E-state index >= 15 is 0 Å². The summed E-state index contributed by atoms with van der Waals surface area (Å²) in [7, 11) is 1.42. The van der Waals surface area contributed by atoms with Crippen LogP contribution in [0.2, 0.25) is 0 Å². The molecule has 0 saturated heterocycles. The quantitative estimate of drug-likeness (QED) is 0.760. The zero-order valence-corrected chi connectivity index (χ0v) is 10.3. The molecular weight excluding hydrogens is 218 g/mol. The highest BCUT2D eigenvalue weighted by Gasteiger charge is 2.28. The Balaban J connectivity index is 2.12. The summed E-state index contributed by atoms with van der Waals surface area (Å²) in [5.74, 6) is -0.195. The van der Waals surface area contributed by atoms with Crippen molar-refractivity contribution in [1.82, 2.24) is 14.9 Å². The Kier molecular flexibility index (Phi) is 3.78. The SMILES string of the molecule is CCNC(CC(=O)OC)c1cncn1C1CC1. The third-order valence-corrected chi connectivity index (χ3v) is 3.04. The monoisotopic (exact) mass is 237 g/mol. The van der Waals surface area contributed by atoms with Crippen LogP contribution in [0.25, 0.3) is 0 Å². The highest BCUT2D eigenvalue weighted by atomic mass is 16.5. The van der Waals surface area contributed by atoms with E-state index in [9.17, 15) is 4.79 Å². The second-order valence-electron chi connectivity index (χ2n) is 4.35. The Morgan fingerprint density at radius 2 is 2.47 bits per heavy atom. The van der Waals surface area contributed by atoms with Gasteiger partial charge in [-0.3, -0.25) is 4.79 Å². The lowest BCUT2D eigenvalue weighted by Crippen LogP contribution is -2.26. The minimum atomic E-state index is -0.195. The summed E-state index contributed by atoms with van der Waals surface area (Å²) in [5, 5.41) is 3.31. The fourth-order valence-corrected chi connectivity index (χ4v) is 2.02. The number of esters is 1. The van der Waals surface area contributed by atoms with Gasteiger partial charge in [0, 0.05) is 12.2 Å². The van der Waals surface area contributed by atoms with Crippen LogP contribution in [0.3, 0.4) is 0 Å². The van der Waals surface area contributed by atoms with Crippen molar-refractivity contribution in [3.05, 3.63) is 18.2 Å². The molecule has 1 heterocycles. The predicted molar refractivity (Wildman–Crippen MR) is 63.5 cm³/mol. The molecule has 1 saturated carbocycles. The molecule has 1 aromatic heterocycles. The molecule has 1 aliphatic rings. The van der Waals surface area contributed by atoms with E-state index in [0.717, 1.165) is 12.2 Å². The van der Waals surface area contributed by atoms with Crippen LogP contribution in [0.15, 0.2) is 12.5 Å². The van der Waals surface area contributed by atoms with E-state index in [1.165, 1.54) is 20.0 Å². The largest absolute Gasteiger partial charge is 0.469 e. The Labute approximate surface area is 101 Å². The topological polar surface area (TPSA) is 56.1 Å². The molecule has 94 valence electrons. The first-order valence-electron chi connectivity index (χ1n) is 6.08. The number of carbonyl (C=O) groups excluding carboxylic acids is 1. The second kappa shape index (κ2) is 5.31. The molecule has 1 N–H and O–H groups in total. The molecule has 0 amide bonds. The molecule has 5 nitrogen and oxygen atoms in total. The maximum absolute atomic E-state index is 11.4. The number of hydrogen-bond donors (Lipinski definition) is 1. The van der Waals surface area contributed by atoms with E-state index in [0.29, 0.717) is 12.5 Å². The summed E-state index contributed by atoms with van der Waals surface area (Å²) in [4.78, 5) is 15.6. The zero-order chi connectivity index (χ0) is 12.3. The van der Waals surface area contributed by atoms with Crippen LogP contribution in [0.4, 0.5) is 0 Å². The van der Waals surface area contributed by atoms with Crippen molar-refractivity contribution in [1.29, 1.82) is 0 Å². The molecule has 0 aromatic carbocycles. The first-order valence-corrected chi connectivity index (χ1v) is 6.08. The molecule has 0 spiro atoms. The molecule has 0 radical (unpaired) electrons. The standard InChI is InChI=1S/C12H19N3O2/c1-3-14-10(6-12(16)17-2)11-7-13-8-15(11)9-4-5-9/h7-10,14H,3-6H2,1-2H3. The normalized spacial score (nSPS) is 16.8. The van der Waals surface area contributed by atoms with Crippen molar-refractivity contribution in [2.75, 3.05) is 13.7 Å². The number of ether oxygens (including phenoxy) is 1. The van der Waals surface area contributed by atoms with E-state index in [1.807, 2.05) is 19.4 Å². The average molecular weight is 237 g/mol. The smallest absolute Gasteiger partial charge is 0.307 e. The molecule has 17 heavy (non-hydrogen) atoms. The first-order chi connectivity index (χ1) is 8.26. The van der Waals surface area contributed by atoms with Gasteiger partial charge in [-0.05, 0) is 19.4 Å². The zero-order valence-electron chi connectivity index (χ0n) is 10.3. The minimum Gasteiger partial charge on any atom is -0.469 e. The van der Waals surface area contributed by atoms with Crippen molar-refractivity contribution in [3.8, 4) is 0 Å². The number of nitrogens with one attached hydrogen (secondary N) is 1. The van der Waals surface area contributed by atoms with Crippen LogP contribution in [0, 0.1) is 0 Å². The Morgan fingerprint density at radius 1 is 1.71 bits per heavy atom. The summed E-state index contributed by atoms with van der Waals surface area (Å²) in [5.41, 5.74) is 1.08. The number of rotatable bonds is 6. The number of hydrogen-bond acceptors (Lipinski definition) is 4. The molecular formula is C12H19N3O2. The molecule has 0 aliphatic heterocycles. The summed E-state index contributed by atoms with van der Waals surface area (Å²) in [6.45, 7) is 2.85. The molecule has 1 unspecified atom stereocenters. The van der Waals surface area contributed by atoms with E-state index < -0.39 is 0 Å². The average Bonchev–Trinajstić information content (AvgIpc) is 3.06.